The number of rotatable bonds is 5. The van der Waals surface area contributed by atoms with Crippen LogP contribution in [0.15, 0.2) is 59.5 Å². The lowest BCUT2D eigenvalue weighted by atomic mass is 10.0. The second-order valence-electron chi connectivity index (χ2n) is 9.16. The van der Waals surface area contributed by atoms with Crippen molar-refractivity contribution in [2.75, 3.05) is 13.1 Å². The van der Waals surface area contributed by atoms with Gasteiger partial charge < -0.3 is 4.90 Å². The van der Waals surface area contributed by atoms with Crippen LogP contribution >= 0.6 is 0 Å². The second kappa shape index (κ2) is 8.85. The summed E-state index contributed by atoms with van der Waals surface area (Å²) in [6.45, 7) is 5.10. The molecule has 1 N–H and O–H groups in total. The van der Waals surface area contributed by atoms with Crippen molar-refractivity contribution < 1.29 is 9.18 Å². The maximum atomic E-state index is 15.3. The van der Waals surface area contributed by atoms with Crippen LogP contribution < -0.4 is 5.69 Å². The number of amides is 1. The lowest BCUT2D eigenvalue weighted by Gasteiger charge is -2.18. The molecule has 1 fully saturated rings. The van der Waals surface area contributed by atoms with E-state index in [0.29, 0.717) is 30.9 Å². The van der Waals surface area contributed by atoms with Crippen molar-refractivity contribution in [2.45, 2.75) is 26.7 Å². The third-order valence-corrected chi connectivity index (χ3v) is 6.43. The van der Waals surface area contributed by atoms with Crippen LogP contribution in [0.25, 0.3) is 27.7 Å². The van der Waals surface area contributed by atoms with Gasteiger partial charge in [0.2, 0.25) is 5.91 Å². The van der Waals surface area contributed by atoms with Crippen LogP contribution in [0.3, 0.4) is 0 Å². The van der Waals surface area contributed by atoms with Gasteiger partial charge in [-0.15, -0.1) is 0 Å². The second-order valence-corrected chi connectivity index (χ2v) is 9.16. The highest BCUT2D eigenvalue weighted by Crippen LogP contribution is 2.27. The SMILES string of the molecule is CC(C)C(=O)N1CCC(Cc2n[nH]c(=O)n2-c2ccc(-c3ccc4cccnc4c3)cc2F)C1. The molecule has 1 saturated heterocycles. The number of aromatic nitrogens is 4. The van der Waals surface area contributed by atoms with Crippen molar-refractivity contribution in [3.8, 4) is 16.8 Å². The molecule has 1 unspecified atom stereocenters. The summed E-state index contributed by atoms with van der Waals surface area (Å²) in [6.07, 6.45) is 3.04. The van der Waals surface area contributed by atoms with E-state index in [0.717, 1.165) is 22.9 Å². The number of halogens is 1. The zero-order valence-corrected chi connectivity index (χ0v) is 19.2. The molecule has 2 aromatic carbocycles. The number of carbonyl (C=O) groups is 1. The summed E-state index contributed by atoms with van der Waals surface area (Å²) in [6, 6.07) is 14.5. The van der Waals surface area contributed by atoms with E-state index in [1.54, 1.807) is 18.3 Å². The summed E-state index contributed by atoms with van der Waals surface area (Å²) in [4.78, 5) is 31.1. The van der Waals surface area contributed by atoms with E-state index >= 15 is 4.39 Å². The van der Waals surface area contributed by atoms with Crippen LogP contribution in [0.1, 0.15) is 26.1 Å². The van der Waals surface area contributed by atoms with Crippen LogP contribution in [-0.4, -0.2) is 43.6 Å². The standard InChI is InChI=1S/C26H26FN5O2/c1-16(2)25(33)31-11-9-17(15-31)12-24-29-30-26(34)32(24)23-8-7-19(13-21(23)27)20-6-5-18-4-3-10-28-22(18)14-20/h3-8,10,13-14,16-17H,9,11-12,15H2,1-2H3,(H,30,34). The molecule has 0 saturated carbocycles. The van der Waals surface area contributed by atoms with E-state index in [4.69, 9.17) is 0 Å². The lowest BCUT2D eigenvalue weighted by molar-refractivity contribution is -0.133. The highest BCUT2D eigenvalue weighted by molar-refractivity contribution is 5.84. The largest absolute Gasteiger partial charge is 0.348 e. The molecule has 8 heteroatoms. The van der Waals surface area contributed by atoms with Gasteiger partial charge in [0.25, 0.3) is 0 Å². The predicted octanol–water partition coefficient (Wildman–Crippen LogP) is 3.96. The van der Waals surface area contributed by atoms with Gasteiger partial charge in [-0.2, -0.15) is 5.10 Å². The number of hydrogen-bond acceptors (Lipinski definition) is 4. The first kappa shape index (κ1) is 22.0. The molecule has 2 aromatic heterocycles. The number of carbonyl (C=O) groups excluding carboxylic acids is 1. The van der Waals surface area contributed by atoms with Gasteiger partial charge in [-0.25, -0.2) is 18.9 Å². The fourth-order valence-electron chi connectivity index (χ4n) is 4.65. The fraction of sp³-hybridized carbons (Fsp3) is 0.308. The number of pyridine rings is 1. The van der Waals surface area contributed by atoms with E-state index in [1.807, 2.05) is 49.1 Å². The Kier molecular flexibility index (Phi) is 5.73. The highest BCUT2D eigenvalue weighted by Gasteiger charge is 2.29. The van der Waals surface area contributed by atoms with Crippen molar-refractivity contribution in [1.82, 2.24) is 24.6 Å². The van der Waals surface area contributed by atoms with E-state index in [-0.39, 0.29) is 23.4 Å². The van der Waals surface area contributed by atoms with Crippen LogP contribution in [-0.2, 0) is 11.2 Å². The van der Waals surface area contributed by atoms with Gasteiger partial charge in [-0.05, 0) is 47.7 Å². The summed E-state index contributed by atoms with van der Waals surface area (Å²) in [5.74, 6) is 0.214. The number of hydrogen-bond donors (Lipinski definition) is 1. The number of likely N-dealkylation sites (tertiary alicyclic amines) is 1. The molecule has 1 atom stereocenters. The van der Waals surface area contributed by atoms with Crippen LogP contribution in [0.2, 0.25) is 0 Å². The maximum Gasteiger partial charge on any atom is 0.348 e. The Hall–Kier alpha value is -3.81. The molecule has 7 nitrogen and oxygen atoms in total. The molecule has 0 aliphatic carbocycles. The molecular formula is C26H26FN5O2. The van der Waals surface area contributed by atoms with Gasteiger partial charge >= 0.3 is 5.69 Å². The molecule has 5 rings (SSSR count). The van der Waals surface area contributed by atoms with Crippen molar-refractivity contribution in [3.63, 3.8) is 0 Å². The highest BCUT2D eigenvalue weighted by atomic mass is 19.1. The molecule has 0 bridgehead atoms. The summed E-state index contributed by atoms with van der Waals surface area (Å²) in [7, 11) is 0. The van der Waals surface area contributed by atoms with Gasteiger partial charge in [0.1, 0.15) is 11.6 Å². The third kappa shape index (κ3) is 4.11. The molecule has 4 aromatic rings. The Labute approximate surface area is 196 Å². The van der Waals surface area contributed by atoms with Crippen molar-refractivity contribution >= 4 is 16.8 Å². The number of H-pyrrole nitrogens is 1. The van der Waals surface area contributed by atoms with Crippen LogP contribution in [0, 0.1) is 17.7 Å². The Morgan fingerprint density at radius 2 is 1.97 bits per heavy atom. The summed E-state index contributed by atoms with van der Waals surface area (Å²) in [5, 5.41) is 7.63. The van der Waals surface area contributed by atoms with E-state index in [1.165, 1.54) is 10.6 Å². The topological polar surface area (TPSA) is 83.9 Å². The average molecular weight is 460 g/mol. The molecule has 1 aliphatic heterocycles. The number of nitrogens with zero attached hydrogens (tertiary/aromatic N) is 4. The quantitative estimate of drug-likeness (QED) is 0.490. The number of nitrogens with one attached hydrogen (secondary N) is 1. The predicted molar refractivity (Wildman–Crippen MR) is 128 cm³/mol. The Morgan fingerprint density at radius 3 is 2.76 bits per heavy atom. The van der Waals surface area contributed by atoms with E-state index in [2.05, 4.69) is 15.2 Å². The smallest absolute Gasteiger partial charge is 0.342 e. The Morgan fingerprint density at radius 1 is 1.18 bits per heavy atom. The monoisotopic (exact) mass is 459 g/mol. The third-order valence-electron chi connectivity index (χ3n) is 6.43. The van der Waals surface area contributed by atoms with Gasteiger partial charge in [-0.1, -0.05) is 38.1 Å². The number of fused-ring (bicyclic) bond motifs is 1. The van der Waals surface area contributed by atoms with Crippen LogP contribution in [0.4, 0.5) is 4.39 Å². The minimum absolute atomic E-state index is 0.0479. The van der Waals surface area contributed by atoms with Crippen molar-refractivity contribution in [2.24, 2.45) is 11.8 Å². The average Bonchev–Trinajstić information content (AvgIpc) is 3.45. The zero-order chi connectivity index (χ0) is 23.8. The van der Waals surface area contributed by atoms with Gasteiger partial charge in [0, 0.05) is 37.0 Å². The lowest BCUT2D eigenvalue weighted by Crippen LogP contribution is -2.32. The maximum absolute atomic E-state index is 15.3. The summed E-state index contributed by atoms with van der Waals surface area (Å²) in [5.41, 5.74) is 2.05. The van der Waals surface area contributed by atoms with Crippen LogP contribution in [0.5, 0.6) is 0 Å². The fourth-order valence-corrected chi connectivity index (χ4v) is 4.65. The van der Waals surface area contributed by atoms with Gasteiger partial charge in [0.05, 0.1) is 11.2 Å². The number of benzene rings is 2. The minimum atomic E-state index is -0.508. The van der Waals surface area contributed by atoms with Gasteiger partial charge in [-0.3, -0.25) is 9.78 Å². The first-order valence-electron chi connectivity index (χ1n) is 11.5. The Bertz CT molecular complexity index is 1420. The summed E-state index contributed by atoms with van der Waals surface area (Å²) < 4.78 is 16.6. The first-order chi connectivity index (χ1) is 16.4. The van der Waals surface area contributed by atoms with E-state index in [9.17, 15) is 9.59 Å². The molecular weight excluding hydrogens is 433 g/mol. The molecule has 1 aliphatic rings. The Balaban J connectivity index is 1.41. The minimum Gasteiger partial charge on any atom is -0.342 e. The van der Waals surface area contributed by atoms with Crippen molar-refractivity contribution in [1.29, 1.82) is 0 Å². The molecule has 0 spiro atoms. The van der Waals surface area contributed by atoms with Gasteiger partial charge in [0.15, 0.2) is 0 Å². The zero-order valence-electron chi connectivity index (χ0n) is 19.2. The van der Waals surface area contributed by atoms with Crippen molar-refractivity contribution in [3.05, 3.63) is 76.9 Å². The molecule has 3 heterocycles. The first-order valence-corrected chi connectivity index (χ1v) is 11.5. The normalized spacial score (nSPS) is 16.0. The van der Waals surface area contributed by atoms with E-state index < -0.39 is 11.5 Å². The molecule has 174 valence electrons. The molecule has 0 radical (unpaired) electrons. The number of aromatic amines is 1. The molecule has 34 heavy (non-hydrogen) atoms. The molecule has 1 amide bonds. The summed E-state index contributed by atoms with van der Waals surface area (Å²) >= 11 is 0.